The summed E-state index contributed by atoms with van der Waals surface area (Å²) in [5.41, 5.74) is 0.969. The van der Waals surface area contributed by atoms with Gasteiger partial charge in [0.15, 0.2) is 0 Å². The predicted molar refractivity (Wildman–Crippen MR) is 63.4 cm³/mol. The molecule has 1 atom stereocenters. The molecule has 0 radical (unpaired) electrons. The molecule has 1 unspecified atom stereocenters. The fourth-order valence-electron chi connectivity index (χ4n) is 1.41. The van der Waals surface area contributed by atoms with Gasteiger partial charge >= 0.3 is 0 Å². The average molecular weight is 224 g/mol. The number of rotatable bonds is 7. The van der Waals surface area contributed by atoms with Gasteiger partial charge in [0, 0.05) is 12.6 Å². The van der Waals surface area contributed by atoms with Crippen LogP contribution < -0.4 is 10.1 Å². The molecular weight excluding hydrogens is 204 g/mol. The Balaban J connectivity index is 2.21. The van der Waals surface area contributed by atoms with Crippen molar-refractivity contribution >= 4 is 0 Å². The van der Waals surface area contributed by atoms with Gasteiger partial charge in [0.2, 0.25) is 5.88 Å². The summed E-state index contributed by atoms with van der Waals surface area (Å²) >= 11 is 0. The third kappa shape index (κ3) is 5.09. The first kappa shape index (κ1) is 12.9. The third-order valence-corrected chi connectivity index (χ3v) is 2.27. The van der Waals surface area contributed by atoms with Gasteiger partial charge in [-0.25, -0.2) is 4.98 Å². The first-order valence-electron chi connectivity index (χ1n) is 5.61. The quantitative estimate of drug-likeness (QED) is 0.686. The molecule has 0 saturated heterocycles. The molecule has 1 aromatic heterocycles. The van der Waals surface area contributed by atoms with E-state index in [1.165, 1.54) is 0 Å². The summed E-state index contributed by atoms with van der Waals surface area (Å²) in [6.07, 6.45) is 1.59. The SMILES string of the molecule is COc1cccc(CNCCCC(C)O)n1. The molecule has 4 heteroatoms. The van der Waals surface area contributed by atoms with Crippen molar-refractivity contribution < 1.29 is 9.84 Å². The fourth-order valence-corrected chi connectivity index (χ4v) is 1.41. The second-order valence-electron chi connectivity index (χ2n) is 3.84. The summed E-state index contributed by atoms with van der Waals surface area (Å²) in [7, 11) is 1.61. The van der Waals surface area contributed by atoms with E-state index in [1.807, 2.05) is 25.1 Å². The van der Waals surface area contributed by atoms with E-state index in [9.17, 15) is 0 Å². The summed E-state index contributed by atoms with van der Waals surface area (Å²) < 4.78 is 5.04. The standard InChI is InChI=1S/C12H20N2O2/c1-10(15)5-4-8-13-9-11-6-3-7-12(14-11)16-2/h3,6-7,10,13,15H,4-5,8-9H2,1-2H3. The van der Waals surface area contributed by atoms with E-state index >= 15 is 0 Å². The number of aromatic nitrogens is 1. The van der Waals surface area contributed by atoms with E-state index in [4.69, 9.17) is 9.84 Å². The molecule has 0 fully saturated rings. The molecule has 90 valence electrons. The minimum atomic E-state index is -0.211. The van der Waals surface area contributed by atoms with Gasteiger partial charge in [-0.1, -0.05) is 6.07 Å². The highest BCUT2D eigenvalue weighted by atomic mass is 16.5. The van der Waals surface area contributed by atoms with Crippen molar-refractivity contribution in [2.24, 2.45) is 0 Å². The van der Waals surface area contributed by atoms with Crippen molar-refractivity contribution in [1.29, 1.82) is 0 Å². The molecular formula is C12H20N2O2. The Morgan fingerprint density at radius 3 is 3.00 bits per heavy atom. The number of pyridine rings is 1. The van der Waals surface area contributed by atoms with E-state index in [0.29, 0.717) is 5.88 Å². The van der Waals surface area contributed by atoms with E-state index in [2.05, 4.69) is 10.3 Å². The molecule has 1 rings (SSSR count). The Morgan fingerprint density at radius 2 is 2.31 bits per heavy atom. The summed E-state index contributed by atoms with van der Waals surface area (Å²) in [5, 5.41) is 12.4. The highest BCUT2D eigenvalue weighted by molar-refractivity contribution is 5.15. The van der Waals surface area contributed by atoms with E-state index < -0.39 is 0 Å². The number of nitrogens with zero attached hydrogens (tertiary/aromatic N) is 1. The van der Waals surface area contributed by atoms with E-state index in [1.54, 1.807) is 7.11 Å². The second-order valence-corrected chi connectivity index (χ2v) is 3.84. The van der Waals surface area contributed by atoms with Crippen molar-refractivity contribution in [2.45, 2.75) is 32.4 Å². The van der Waals surface area contributed by atoms with Gasteiger partial charge in [0.25, 0.3) is 0 Å². The zero-order chi connectivity index (χ0) is 11.8. The monoisotopic (exact) mass is 224 g/mol. The molecule has 16 heavy (non-hydrogen) atoms. The third-order valence-electron chi connectivity index (χ3n) is 2.27. The molecule has 1 heterocycles. The zero-order valence-electron chi connectivity index (χ0n) is 9.94. The van der Waals surface area contributed by atoms with Crippen LogP contribution in [0.25, 0.3) is 0 Å². The number of methoxy groups -OCH3 is 1. The molecule has 0 aliphatic carbocycles. The van der Waals surface area contributed by atoms with Crippen molar-refractivity contribution in [3.05, 3.63) is 23.9 Å². The van der Waals surface area contributed by atoms with Crippen LogP contribution in [0.2, 0.25) is 0 Å². The minimum absolute atomic E-state index is 0.211. The van der Waals surface area contributed by atoms with Gasteiger partial charge in [-0.15, -0.1) is 0 Å². The first-order chi connectivity index (χ1) is 7.72. The van der Waals surface area contributed by atoms with Crippen LogP contribution in [0.5, 0.6) is 5.88 Å². The lowest BCUT2D eigenvalue weighted by molar-refractivity contribution is 0.181. The maximum atomic E-state index is 9.08. The maximum Gasteiger partial charge on any atom is 0.213 e. The topological polar surface area (TPSA) is 54.4 Å². The molecule has 0 bridgehead atoms. The Labute approximate surface area is 96.7 Å². The van der Waals surface area contributed by atoms with Gasteiger partial charge in [-0.3, -0.25) is 0 Å². The Kier molecular flexibility index (Phi) is 5.82. The molecule has 0 saturated carbocycles. The normalized spacial score (nSPS) is 12.4. The predicted octanol–water partition coefficient (Wildman–Crippen LogP) is 1.34. The highest BCUT2D eigenvalue weighted by Gasteiger charge is 1.98. The van der Waals surface area contributed by atoms with Crippen molar-refractivity contribution in [2.75, 3.05) is 13.7 Å². The molecule has 0 amide bonds. The lowest BCUT2D eigenvalue weighted by Gasteiger charge is -2.06. The molecule has 4 nitrogen and oxygen atoms in total. The van der Waals surface area contributed by atoms with Crippen LogP contribution in [0.1, 0.15) is 25.5 Å². The Hall–Kier alpha value is -1.13. The molecule has 0 aromatic carbocycles. The Morgan fingerprint density at radius 1 is 1.50 bits per heavy atom. The van der Waals surface area contributed by atoms with E-state index in [-0.39, 0.29) is 6.10 Å². The molecule has 2 N–H and O–H groups in total. The number of nitrogens with one attached hydrogen (secondary N) is 1. The van der Waals surface area contributed by atoms with Gasteiger partial charge in [-0.05, 0) is 32.4 Å². The number of aliphatic hydroxyl groups is 1. The summed E-state index contributed by atoms with van der Waals surface area (Å²) in [6, 6.07) is 5.72. The number of ether oxygens (including phenoxy) is 1. The van der Waals surface area contributed by atoms with Crippen LogP contribution >= 0.6 is 0 Å². The van der Waals surface area contributed by atoms with Crippen LogP contribution in [0.3, 0.4) is 0 Å². The van der Waals surface area contributed by atoms with Crippen LogP contribution in [0, 0.1) is 0 Å². The largest absolute Gasteiger partial charge is 0.481 e. The Bertz CT molecular complexity index is 303. The molecule has 0 aliphatic rings. The van der Waals surface area contributed by atoms with Crippen LogP contribution in [0.4, 0.5) is 0 Å². The van der Waals surface area contributed by atoms with Crippen molar-refractivity contribution in [3.8, 4) is 5.88 Å². The molecule has 0 aliphatic heterocycles. The lowest BCUT2D eigenvalue weighted by Crippen LogP contribution is -2.17. The van der Waals surface area contributed by atoms with Gasteiger partial charge in [0.05, 0.1) is 18.9 Å². The van der Waals surface area contributed by atoms with Crippen LogP contribution in [-0.4, -0.2) is 29.8 Å². The smallest absolute Gasteiger partial charge is 0.213 e. The van der Waals surface area contributed by atoms with Gasteiger partial charge in [0.1, 0.15) is 0 Å². The number of hydrogen-bond donors (Lipinski definition) is 2. The van der Waals surface area contributed by atoms with Crippen LogP contribution in [-0.2, 0) is 6.54 Å². The summed E-state index contributed by atoms with van der Waals surface area (Å²) in [6.45, 7) is 3.43. The first-order valence-corrected chi connectivity index (χ1v) is 5.61. The summed E-state index contributed by atoms with van der Waals surface area (Å²) in [5.74, 6) is 0.642. The fraction of sp³-hybridized carbons (Fsp3) is 0.583. The summed E-state index contributed by atoms with van der Waals surface area (Å²) in [4.78, 5) is 4.29. The van der Waals surface area contributed by atoms with Crippen molar-refractivity contribution in [1.82, 2.24) is 10.3 Å². The number of hydrogen-bond acceptors (Lipinski definition) is 4. The van der Waals surface area contributed by atoms with E-state index in [0.717, 1.165) is 31.6 Å². The zero-order valence-corrected chi connectivity index (χ0v) is 9.94. The second kappa shape index (κ2) is 7.19. The van der Waals surface area contributed by atoms with Crippen LogP contribution in [0.15, 0.2) is 18.2 Å². The highest BCUT2D eigenvalue weighted by Crippen LogP contribution is 2.06. The minimum Gasteiger partial charge on any atom is -0.481 e. The molecule has 1 aromatic rings. The van der Waals surface area contributed by atoms with Gasteiger partial charge in [-0.2, -0.15) is 0 Å². The van der Waals surface area contributed by atoms with Gasteiger partial charge < -0.3 is 15.2 Å². The average Bonchev–Trinajstić information content (AvgIpc) is 2.28. The maximum absolute atomic E-state index is 9.08. The molecule has 0 spiro atoms. The van der Waals surface area contributed by atoms with Crippen molar-refractivity contribution in [3.63, 3.8) is 0 Å². The lowest BCUT2D eigenvalue weighted by atomic mass is 10.2. The number of aliphatic hydroxyl groups excluding tert-OH is 1.